The van der Waals surface area contributed by atoms with E-state index in [4.69, 9.17) is 21.6 Å². The Hall–Kier alpha value is -3.90. The number of carbonyl (C=O) groups is 2. The number of hydrogen-bond donors (Lipinski definition) is 2. The molecule has 0 aliphatic carbocycles. The number of aryl methyl sites for hydroxylation is 1. The minimum Gasteiger partial charge on any atom is -0.484 e. The number of ether oxygens (including phenoxy) is 1. The molecule has 0 saturated heterocycles. The van der Waals surface area contributed by atoms with Gasteiger partial charge in [-0.1, -0.05) is 23.7 Å². The van der Waals surface area contributed by atoms with E-state index in [1.54, 1.807) is 43.3 Å². The number of halogens is 2. The van der Waals surface area contributed by atoms with Gasteiger partial charge in [0.2, 0.25) is 0 Å². The van der Waals surface area contributed by atoms with Gasteiger partial charge in [-0.05, 0) is 48.9 Å². The largest absolute Gasteiger partial charge is 0.484 e. The summed E-state index contributed by atoms with van der Waals surface area (Å²) in [6.45, 7) is 1.51. The molecular weight excluding hydrogens is 425 g/mol. The molecule has 1 heterocycles. The molecule has 2 amide bonds. The Morgan fingerprint density at radius 1 is 1.16 bits per heavy atom. The van der Waals surface area contributed by atoms with Gasteiger partial charge < -0.3 is 4.74 Å². The normalized spacial score (nSPS) is 10.3. The van der Waals surface area contributed by atoms with E-state index in [0.29, 0.717) is 17.0 Å². The van der Waals surface area contributed by atoms with E-state index in [0.717, 1.165) is 5.56 Å². The molecule has 0 atom stereocenters. The maximum Gasteiger partial charge on any atom is 0.276 e. The van der Waals surface area contributed by atoms with Gasteiger partial charge in [-0.15, -0.1) is 0 Å². The SMILES string of the molecule is Cc1nn(Cc2ccc(F)cc2)c(Cl)c1C(=O)NNC(=O)COc1ccc(C#N)cc1. The molecule has 0 fully saturated rings. The third-order valence-electron chi connectivity index (χ3n) is 4.21. The number of carbonyl (C=O) groups excluding carboxylic acids is 2. The van der Waals surface area contributed by atoms with Crippen LogP contribution >= 0.6 is 11.6 Å². The highest BCUT2D eigenvalue weighted by Gasteiger charge is 2.21. The highest BCUT2D eigenvalue weighted by Crippen LogP contribution is 2.21. The maximum atomic E-state index is 13.1. The number of rotatable bonds is 6. The van der Waals surface area contributed by atoms with Gasteiger partial charge in [0, 0.05) is 0 Å². The zero-order valence-electron chi connectivity index (χ0n) is 16.4. The molecule has 0 bridgehead atoms. The van der Waals surface area contributed by atoms with Crippen LogP contribution in [0.4, 0.5) is 4.39 Å². The summed E-state index contributed by atoms with van der Waals surface area (Å²) in [5.74, 6) is -1.18. The molecule has 8 nitrogen and oxygen atoms in total. The van der Waals surface area contributed by atoms with E-state index in [1.807, 2.05) is 6.07 Å². The number of nitriles is 1. The molecule has 31 heavy (non-hydrogen) atoms. The zero-order chi connectivity index (χ0) is 22.4. The van der Waals surface area contributed by atoms with E-state index in [9.17, 15) is 14.0 Å². The van der Waals surface area contributed by atoms with Gasteiger partial charge in [-0.25, -0.2) is 9.07 Å². The zero-order valence-corrected chi connectivity index (χ0v) is 17.1. The molecule has 0 spiro atoms. The van der Waals surface area contributed by atoms with Crippen molar-refractivity contribution in [2.24, 2.45) is 0 Å². The summed E-state index contributed by atoms with van der Waals surface area (Å²) in [4.78, 5) is 24.4. The van der Waals surface area contributed by atoms with Gasteiger partial charge in [-0.2, -0.15) is 10.4 Å². The van der Waals surface area contributed by atoms with Gasteiger partial charge >= 0.3 is 0 Å². The molecule has 2 aromatic carbocycles. The Morgan fingerprint density at radius 3 is 2.48 bits per heavy atom. The first-order valence-corrected chi connectivity index (χ1v) is 9.44. The molecule has 10 heteroatoms. The van der Waals surface area contributed by atoms with Crippen LogP contribution in [0.25, 0.3) is 0 Å². The molecule has 1 aromatic heterocycles. The van der Waals surface area contributed by atoms with Crippen molar-refractivity contribution < 1.29 is 18.7 Å². The molecule has 0 saturated carbocycles. The first-order chi connectivity index (χ1) is 14.9. The molecule has 0 radical (unpaired) electrons. The van der Waals surface area contributed by atoms with Crippen LogP contribution in [-0.2, 0) is 11.3 Å². The Kier molecular flexibility index (Phi) is 6.85. The summed E-state index contributed by atoms with van der Waals surface area (Å²) >= 11 is 6.29. The van der Waals surface area contributed by atoms with Crippen LogP contribution in [0.1, 0.15) is 27.2 Å². The molecule has 158 valence electrons. The summed E-state index contributed by atoms with van der Waals surface area (Å²) in [6.07, 6.45) is 0. The summed E-state index contributed by atoms with van der Waals surface area (Å²) in [6, 6.07) is 14.0. The first kappa shape index (κ1) is 21.8. The van der Waals surface area contributed by atoms with Crippen LogP contribution < -0.4 is 15.6 Å². The van der Waals surface area contributed by atoms with Gasteiger partial charge in [0.25, 0.3) is 11.8 Å². The highest BCUT2D eigenvalue weighted by atomic mass is 35.5. The van der Waals surface area contributed by atoms with E-state index in [-0.39, 0.29) is 29.7 Å². The van der Waals surface area contributed by atoms with Crippen molar-refractivity contribution >= 4 is 23.4 Å². The van der Waals surface area contributed by atoms with Crippen molar-refractivity contribution in [3.05, 3.63) is 81.9 Å². The monoisotopic (exact) mass is 441 g/mol. The minimum absolute atomic E-state index is 0.0856. The quantitative estimate of drug-likeness (QED) is 0.572. The van der Waals surface area contributed by atoms with E-state index in [1.165, 1.54) is 16.8 Å². The summed E-state index contributed by atoms with van der Waals surface area (Å²) in [7, 11) is 0. The minimum atomic E-state index is -0.639. The third-order valence-corrected chi connectivity index (χ3v) is 4.59. The summed E-state index contributed by atoms with van der Waals surface area (Å²) in [5, 5.41) is 13.1. The van der Waals surface area contributed by atoms with Crippen molar-refractivity contribution in [3.63, 3.8) is 0 Å². The van der Waals surface area contributed by atoms with E-state index >= 15 is 0 Å². The molecule has 0 aliphatic heterocycles. The average molecular weight is 442 g/mol. The number of amides is 2. The van der Waals surface area contributed by atoms with Crippen LogP contribution in [0, 0.1) is 24.1 Å². The lowest BCUT2D eigenvalue weighted by atomic mass is 10.2. The lowest BCUT2D eigenvalue weighted by molar-refractivity contribution is -0.123. The molecule has 3 rings (SSSR count). The van der Waals surface area contributed by atoms with E-state index < -0.39 is 11.8 Å². The van der Waals surface area contributed by atoms with Crippen LogP contribution in [0.5, 0.6) is 5.75 Å². The van der Waals surface area contributed by atoms with Crippen LogP contribution in [0.3, 0.4) is 0 Å². The molecular formula is C21H17ClFN5O3. The topological polar surface area (TPSA) is 109 Å². The second kappa shape index (κ2) is 9.73. The number of benzene rings is 2. The number of nitrogens with zero attached hydrogens (tertiary/aromatic N) is 3. The number of hydrazine groups is 1. The van der Waals surface area contributed by atoms with Gasteiger partial charge in [-0.3, -0.25) is 20.4 Å². The van der Waals surface area contributed by atoms with Crippen LogP contribution in [0.15, 0.2) is 48.5 Å². The maximum absolute atomic E-state index is 13.1. The van der Waals surface area contributed by atoms with Gasteiger partial charge in [0.15, 0.2) is 6.61 Å². The Bertz CT molecular complexity index is 1140. The average Bonchev–Trinajstić information content (AvgIpc) is 3.05. The fourth-order valence-corrected chi connectivity index (χ4v) is 3.00. The van der Waals surface area contributed by atoms with E-state index in [2.05, 4.69) is 16.0 Å². The van der Waals surface area contributed by atoms with Crippen LogP contribution in [0.2, 0.25) is 5.15 Å². The van der Waals surface area contributed by atoms with Crippen molar-refractivity contribution in [2.75, 3.05) is 6.61 Å². The predicted molar refractivity (Wildman–Crippen MR) is 110 cm³/mol. The Balaban J connectivity index is 1.56. The second-order valence-electron chi connectivity index (χ2n) is 6.46. The number of aromatic nitrogens is 2. The summed E-state index contributed by atoms with van der Waals surface area (Å²) in [5.41, 5.74) is 6.21. The lowest BCUT2D eigenvalue weighted by Gasteiger charge is -2.09. The molecule has 2 N–H and O–H groups in total. The first-order valence-electron chi connectivity index (χ1n) is 9.07. The second-order valence-corrected chi connectivity index (χ2v) is 6.82. The van der Waals surface area contributed by atoms with Crippen molar-refractivity contribution in [2.45, 2.75) is 13.5 Å². The third kappa shape index (κ3) is 5.58. The highest BCUT2D eigenvalue weighted by molar-refractivity contribution is 6.33. The molecule has 0 aliphatic rings. The fraction of sp³-hybridized carbons (Fsp3) is 0.143. The standard InChI is InChI=1S/C21H17ClFN5O3/c1-13-19(20(22)28(27-13)11-15-2-6-16(23)7-3-15)21(30)26-25-18(29)12-31-17-8-4-14(10-24)5-9-17/h2-9H,11-12H2,1H3,(H,25,29)(H,26,30). The van der Waals surface area contributed by atoms with Crippen molar-refractivity contribution in [1.82, 2.24) is 20.6 Å². The van der Waals surface area contributed by atoms with Gasteiger partial charge in [0.05, 0.1) is 23.9 Å². The molecule has 3 aromatic rings. The lowest BCUT2D eigenvalue weighted by Crippen LogP contribution is -2.44. The predicted octanol–water partition coefficient (Wildman–Crippen LogP) is 2.74. The van der Waals surface area contributed by atoms with Crippen molar-refractivity contribution in [1.29, 1.82) is 5.26 Å². The van der Waals surface area contributed by atoms with Crippen molar-refractivity contribution in [3.8, 4) is 11.8 Å². The number of nitrogens with one attached hydrogen (secondary N) is 2. The Labute approximate surface area is 182 Å². The summed E-state index contributed by atoms with van der Waals surface area (Å²) < 4.78 is 19.8. The fourth-order valence-electron chi connectivity index (χ4n) is 2.68. The Morgan fingerprint density at radius 2 is 1.84 bits per heavy atom. The number of hydrogen-bond acceptors (Lipinski definition) is 5. The molecule has 0 unspecified atom stereocenters. The smallest absolute Gasteiger partial charge is 0.276 e. The van der Waals surface area contributed by atoms with Crippen LogP contribution in [-0.4, -0.2) is 28.2 Å². The van der Waals surface area contributed by atoms with Gasteiger partial charge in [0.1, 0.15) is 22.3 Å².